The molecule has 11 nitrogen and oxygen atoms in total. The Bertz CT molecular complexity index is 1430. The summed E-state index contributed by atoms with van der Waals surface area (Å²) >= 11 is 0. The van der Waals surface area contributed by atoms with Crippen LogP contribution in [0.25, 0.3) is 11.0 Å². The molecule has 4 heterocycles. The number of aliphatic hydroxyl groups is 1. The zero-order chi connectivity index (χ0) is 27.6. The molecular weight excluding hydrogens is 518 g/mol. The van der Waals surface area contributed by atoms with E-state index >= 15 is 0 Å². The molecule has 2 saturated heterocycles. The molecule has 0 amide bonds. The van der Waals surface area contributed by atoms with Crippen LogP contribution < -0.4 is 10.9 Å². The van der Waals surface area contributed by atoms with Gasteiger partial charge < -0.3 is 15.3 Å². The summed E-state index contributed by atoms with van der Waals surface area (Å²) in [5, 5.41) is 25.6. The molecule has 5 rings (SSSR count). The van der Waals surface area contributed by atoms with Gasteiger partial charge in [-0.15, -0.1) is 0 Å². The summed E-state index contributed by atoms with van der Waals surface area (Å²) in [6.45, 7) is 5.60. The van der Waals surface area contributed by atoms with Crippen LogP contribution in [0.5, 0.6) is 0 Å². The van der Waals surface area contributed by atoms with E-state index in [1.807, 2.05) is 6.07 Å². The van der Waals surface area contributed by atoms with Crippen molar-refractivity contribution in [1.82, 2.24) is 23.7 Å². The largest absolute Gasteiger partial charge is 0.388 e. The molecule has 39 heavy (non-hydrogen) atoms. The molecule has 1 saturated carbocycles. The average Bonchev–Trinajstić information content (AvgIpc) is 3.56. The third-order valence-corrected chi connectivity index (χ3v) is 9.93. The lowest BCUT2D eigenvalue weighted by Gasteiger charge is -2.31. The van der Waals surface area contributed by atoms with Crippen molar-refractivity contribution in [2.75, 3.05) is 38.0 Å². The highest BCUT2D eigenvalue weighted by atomic mass is 32.2. The molecule has 12 heteroatoms. The molecule has 2 aromatic rings. The van der Waals surface area contributed by atoms with Gasteiger partial charge in [-0.25, -0.2) is 13.4 Å². The molecule has 2 aromatic heterocycles. The Balaban J connectivity index is 1.26. The van der Waals surface area contributed by atoms with Crippen LogP contribution in [0.1, 0.15) is 69.9 Å². The highest BCUT2D eigenvalue weighted by Gasteiger charge is 2.40. The lowest BCUT2D eigenvalue weighted by atomic mass is 9.99. The van der Waals surface area contributed by atoms with Gasteiger partial charge in [-0.3, -0.25) is 9.36 Å². The van der Waals surface area contributed by atoms with Gasteiger partial charge >= 0.3 is 0 Å². The van der Waals surface area contributed by atoms with Gasteiger partial charge in [0.05, 0.1) is 11.6 Å². The molecule has 2 N–H and O–H groups in total. The number of rotatable bonds is 8. The second-order valence-electron chi connectivity index (χ2n) is 11.2. The first-order valence-corrected chi connectivity index (χ1v) is 15.4. The molecule has 0 aromatic carbocycles. The number of fused-ring (bicyclic) bond motifs is 1. The minimum absolute atomic E-state index is 0.00631. The van der Waals surface area contributed by atoms with Gasteiger partial charge in [0, 0.05) is 42.7 Å². The fourth-order valence-electron chi connectivity index (χ4n) is 6.07. The zero-order valence-corrected chi connectivity index (χ0v) is 23.2. The van der Waals surface area contributed by atoms with Crippen LogP contribution in [0.2, 0.25) is 0 Å². The van der Waals surface area contributed by atoms with Crippen LogP contribution in [0.15, 0.2) is 28.5 Å². The number of sulfonamides is 1. The Labute approximate surface area is 229 Å². The number of piperidine rings is 1. The van der Waals surface area contributed by atoms with Crippen LogP contribution >= 0.6 is 0 Å². The Hall–Kier alpha value is -2.85. The Morgan fingerprint density at radius 1 is 1.21 bits per heavy atom. The molecule has 210 valence electrons. The van der Waals surface area contributed by atoms with Gasteiger partial charge in [-0.05, 0) is 77.4 Å². The molecule has 3 fully saturated rings. The topological polar surface area (TPSA) is 144 Å². The molecule has 2 aliphatic heterocycles. The first kappa shape index (κ1) is 27.7. The Morgan fingerprint density at radius 2 is 1.95 bits per heavy atom. The Morgan fingerprint density at radius 3 is 2.62 bits per heavy atom. The van der Waals surface area contributed by atoms with E-state index in [0.29, 0.717) is 55.8 Å². The second-order valence-corrected chi connectivity index (χ2v) is 13.0. The van der Waals surface area contributed by atoms with Crippen molar-refractivity contribution in [3.05, 3.63) is 39.7 Å². The summed E-state index contributed by atoms with van der Waals surface area (Å²) in [4.78, 5) is 24.6. The van der Waals surface area contributed by atoms with E-state index in [-0.39, 0.29) is 11.6 Å². The van der Waals surface area contributed by atoms with E-state index in [9.17, 15) is 23.6 Å². The van der Waals surface area contributed by atoms with Gasteiger partial charge in [0.1, 0.15) is 17.3 Å². The second kappa shape index (κ2) is 11.3. The maximum atomic E-state index is 13.2. The smallest absolute Gasteiger partial charge is 0.270 e. The van der Waals surface area contributed by atoms with Crippen molar-refractivity contribution < 1.29 is 13.5 Å². The van der Waals surface area contributed by atoms with E-state index in [1.165, 1.54) is 33.2 Å². The number of nitriles is 1. The maximum absolute atomic E-state index is 13.2. The van der Waals surface area contributed by atoms with Gasteiger partial charge in [-0.1, -0.05) is 6.08 Å². The summed E-state index contributed by atoms with van der Waals surface area (Å²) in [6.07, 6.45) is 9.66. The van der Waals surface area contributed by atoms with Crippen LogP contribution in [-0.2, 0) is 10.0 Å². The van der Waals surface area contributed by atoms with Crippen molar-refractivity contribution in [2.24, 2.45) is 0 Å². The van der Waals surface area contributed by atoms with E-state index in [0.717, 1.165) is 32.5 Å². The summed E-state index contributed by atoms with van der Waals surface area (Å²) in [6, 6.07) is 2.93. The number of hydrogen-bond acceptors (Lipinski definition) is 9. The minimum atomic E-state index is -3.45. The molecule has 0 unspecified atom stereocenters. The Kier molecular flexibility index (Phi) is 8.05. The van der Waals surface area contributed by atoms with E-state index in [1.54, 1.807) is 19.2 Å². The van der Waals surface area contributed by atoms with Crippen LogP contribution in [0.4, 0.5) is 5.95 Å². The van der Waals surface area contributed by atoms with Crippen molar-refractivity contribution >= 4 is 27.0 Å². The van der Waals surface area contributed by atoms with Gasteiger partial charge in [0.2, 0.25) is 16.0 Å². The summed E-state index contributed by atoms with van der Waals surface area (Å²) < 4.78 is 28.6. The molecule has 0 radical (unpaired) electrons. The lowest BCUT2D eigenvalue weighted by Crippen LogP contribution is -2.42. The van der Waals surface area contributed by atoms with Crippen molar-refractivity contribution in [3.63, 3.8) is 0 Å². The fraction of sp³-hybridized carbons (Fsp3) is 0.630. The highest BCUT2D eigenvalue weighted by molar-refractivity contribution is 7.92. The number of pyridine rings is 1. The third kappa shape index (κ3) is 6.01. The summed E-state index contributed by atoms with van der Waals surface area (Å²) in [5.74, 6) is 0.334. The van der Waals surface area contributed by atoms with Gasteiger partial charge in [-0.2, -0.15) is 14.6 Å². The van der Waals surface area contributed by atoms with Crippen LogP contribution in [0.3, 0.4) is 0 Å². The number of hydrogen-bond donors (Lipinski definition) is 2. The zero-order valence-electron chi connectivity index (χ0n) is 22.4. The monoisotopic (exact) mass is 555 g/mol. The van der Waals surface area contributed by atoms with E-state index < -0.39 is 27.2 Å². The number of nitrogens with zero attached hydrogens (tertiary/aromatic N) is 6. The first-order chi connectivity index (χ1) is 18.7. The molecule has 0 bridgehead atoms. The number of anilines is 1. The van der Waals surface area contributed by atoms with Crippen molar-refractivity contribution in [3.8, 4) is 6.07 Å². The van der Waals surface area contributed by atoms with Crippen molar-refractivity contribution in [1.29, 1.82) is 5.26 Å². The van der Waals surface area contributed by atoms with Crippen LogP contribution in [0, 0.1) is 11.3 Å². The lowest BCUT2D eigenvalue weighted by molar-refractivity contribution is 0.0266. The standard InChI is InChI=1S/C27H37N7O4S/c1-27(36)10-6-7-23(27)34-24-21(17-20(18-28)25(34)35)19-29-26(31-24)30-22-8-14-33(15-9-22)39(37,38)16-5-4-13-32-11-2-3-12-32/h5,16-17,19,22-23,36H,2-4,6-15H2,1H3,(H,29,30,31)/b16-5+/t23-,27-/m1/s1. The average molecular weight is 556 g/mol. The number of aromatic nitrogens is 3. The first-order valence-electron chi connectivity index (χ1n) is 13.9. The summed E-state index contributed by atoms with van der Waals surface area (Å²) in [5.41, 5.74) is -1.17. The maximum Gasteiger partial charge on any atom is 0.270 e. The van der Waals surface area contributed by atoms with E-state index in [4.69, 9.17) is 0 Å². The van der Waals surface area contributed by atoms with Gasteiger partial charge in [0.15, 0.2) is 0 Å². The third-order valence-electron chi connectivity index (χ3n) is 8.31. The normalized spacial score (nSPS) is 25.5. The molecular formula is C27H37N7O4S. The summed E-state index contributed by atoms with van der Waals surface area (Å²) in [7, 11) is -3.45. The molecule has 1 aliphatic carbocycles. The molecule has 2 atom stereocenters. The SMILES string of the molecule is C[C@@]1(O)CCC[C@H]1n1c(=O)c(C#N)cc2cnc(NC3CCN(S(=O)(=O)/C=C/CCN4CCCC4)CC3)nc21. The van der Waals surface area contributed by atoms with E-state index in [2.05, 4.69) is 20.2 Å². The molecule has 0 spiro atoms. The predicted octanol–water partition coefficient (Wildman–Crippen LogP) is 2.34. The molecule has 3 aliphatic rings. The van der Waals surface area contributed by atoms with Crippen LogP contribution in [-0.4, -0.2) is 81.6 Å². The predicted molar refractivity (Wildman–Crippen MR) is 149 cm³/mol. The minimum Gasteiger partial charge on any atom is -0.388 e. The quantitative estimate of drug-likeness (QED) is 0.501. The van der Waals surface area contributed by atoms with Gasteiger partial charge in [0.25, 0.3) is 5.56 Å². The fourth-order valence-corrected chi connectivity index (χ4v) is 7.34. The highest BCUT2D eigenvalue weighted by Crippen LogP contribution is 2.39. The number of nitrogens with one attached hydrogen (secondary N) is 1. The number of likely N-dealkylation sites (tertiary alicyclic amines) is 1. The van der Waals surface area contributed by atoms with Crippen molar-refractivity contribution in [2.45, 2.75) is 76.0 Å².